The number of aliphatic hydroxyl groups is 1. The summed E-state index contributed by atoms with van der Waals surface area (Å²) in [6.07, 6.45) is 3.96. The summed E-state index contributed by atoms with van der Waals surface area (Å²) in [6.45, 7) is 7.40. The summed E-state index contributed by atoms with van der Waals surface area (Å²) in [6, 6.07) is 15.5. The third-order valence-corrected chi connectivity index (χ3v) is 10.4. The molecule has 0 aliphatic rings. The Labute approximate surface area is 314 Å². The highest BCUT2D eigenvalue weighted by atomic mass is 32.1. The van der Waals surface area contributed by atoms with E-state index in [4.69, 9.17) is 0 Å². The second-order valence-electron chi connectivity index (χ2n) is 13.5. The van der Waals surface area contributed by atoms with E-state index in [0.717, 1.165) is 21.1 Å². The van der Waals surface area contributed by atoms with E-state index < -0.39 is 42.1 Å². The number of hydrogen-bond donors (Lipinski definition) is 5. The number of aliphatic hydroxyl groups excluding tert-OH is 1. The summed E-state index contributed by atoms with van der Waals surface area (Å²) in [7, 11) is 0. The number of carbonyl (C=O) groups is 4. The molecule has 0 unspecified atom stereocenters. The quantitative estimate of drug-likeness (QED) is 0.0903. The van der Waals surface area contributed by atoms with Crippen molar-refractivity contribution in [2.75, 3.05) is 0 Å². The summed E-state index contributed by atoms with van der Waals surface area (Å²) < 4.78 is 0. The van der Waals surface area contributed by atoms with Gasteiger partial charge < -0.3 is 26.4 Å². The van der Waals surface area contributed by atoms with Gasteiger partial charge >= 0.3 is 0 Å². The van der Waals surface area contributed by atoms with Gasteiger partial charge in [0.2, 0.25) is 23.6 Å². The van der Waals surface area contributed by atoms with Crippen LogP contribution in [0.5, 0.6) is 0 Å². The van der Waals surface area contributed by atoms with Crippen LogP contribution in [-0.2, 0) is 44.9 Å². The fraction of sp³-hybridized carbons (Fsp3) is 0.436. The van der Waals surface area contributed by atoms with E-state index in [0.29, 0.717) is 12.8 Å². The minimum absolute atomic E-state index is 0.184. The molecule has 2 aromatic heterocycles. The summed E-state index contributed by atoms with van der Waals surface area (Å²) >= 11 is 2.95. The van der Waals surface area contributed by atoms with Crippen molar-refractivity contribution in [2.24, 2.45) is 11.8 Å². The van der Waals surface area contributed by atoms with Crippen LogP contribution in [0.1, 0.15) is 61.7 Å². The van der Waals surface area contributed by atoms with E-state index in [1.807, 2.05) is 99.1 Å². The number of nitrogens with zero attached hydrogens (tertiary/aromatic N) is 2. The molecule has 4 rings (SSSR count). The van der Waals surface area contributed by atoms with E-state index in [-0.39, 0.29) is 49.3 Å². The van der Waals surface area contributed by atoms with Gasteiger partial charge in [-0.2, -0.15) is 0 Å². The molecule has 0 spiro atoms. The molecule has 0 saturated heterocycles. The molecule has 5 N–H and O–H groups in total. The first-order valence-electron chi connectivity index (χ1n) is 17.7. The molecule has 52 heavy (non-hydrogen) atoms. The smallest absolute Gasteiger partial charge is 0.243 e. The van der Waals surface area contributed by atoms with E-state index in [9.17, 15) is 24.3 Å². The van der Waals surface area contributed by atoms with Gasteiger partial charge in [-0.3, -0.25) is 19.2 Å². The Morgan fingerprint density at radius 2 is 1.00 bits per heavy atom. The van der Waals surface area contributed by atoms with Crippen LogP contribution in [0.3, 0.4) is 0 Å². The number of aryl methyl sites for hydroxylation is 2. The minimum Gasteiger partial charge on any atom is -0.389 e. The number of thiazole rings is 2. The number of amides is 4. The van der Waals surface area contributed by atoms with Gasteiger partial charge in [0.05, 0.1) is 28.2 Å². The molecule has 2 heterocycles. The van der Waals surface area contributed by atoms with Crippen molar-refractivity contribution in [3.05, 3.63) is 105 Å². The standard InChI is InChI=1S/C39H50N6O5S2/c1-25(2)35(44-31(46)15-17-33-40-19-21-51-33)38(49)42-29(23-27-11-7-5-8-12-27)37(48)30(24-28-13-9-6-10-14-28)43-39(50)36(26(3)4)45-32(47)16-18-34-41-20-22-52-34/h5-14,19-22,25-26,29-30,35-37,48H,15-18,23-24H2,1-4H3,(H,42,49)(H,43,50)(H,44,46)(H,45,47)/t29-,30-,35-,36-/m0/s1. The molecule has 0 aliphatic heterocycles. The van der Waals surface area contributed by atoms with Gasteiger partial charge in [-0.05, 0) is 35.8 Å². The average Bonchev–Trinajstić information content (AvgIpc) is 3.86. The summed E-state index contributed by atoms with van der Waals surface area (Å²) in [5, 5.41) is 29.4. The van der Waals surface area contributed by atoms with Crippen molar-refractivity contribution in [3.63, 3.8) is 0 Å². The largest absolute Gasteiger partial charge is 0.389 e. The number of nitrogens with one attached hydrogen (secondary N) is 4. The average molecular weight is 747 g/mol. The van der Waals surface area contributed by atoms with Gasteiger partial charge in [-0.25, -0.2) is 9.97 Å². The second kappa shape index (κ2) is 20.5. The molecule has 0 fully saturated rings. The highest BCUT2D eigenvalue weighted by Crippen LogP contribution is 2.16. The maximum Gasteiger partial charge on any atom is 0.243 e. The fourth-order valence-corrected chi connectivity index (χ4v) is 7.07. The van der Waals surface area contributed by atoms with Crippen LogP contribution < -0.4 is 21.3 Å². The lowest BCUT2D eigenvalue weighted by molar-refractivity contribution is -0.132. The van der Waals surface area contributed by atoms with Gasteiger partial charge in [0.15, 0.2) is 0 Å². The van der Waals surface area contributed by atoms with Crippen LogP contribution in [0.2, 0.25) is 0 Å². The van der Waals surface area contributed by atoms with Crippen LogP contribution in [0.4, 0.5) is 0 Å². The van der Waals surface area contributed by atoms with Gasteiger partial charge in [0, 0.05) is 48.8 Å². The van der Waals surface area contributed by atoms with Crippen molar-refractivity contribution < 1.29 is 24.3 Å². The van der Waals surface area contributed by atoms with Crippen LogP contribution in [0, 0.1) is 11.8 Å². The zero-order valence-corrected chi connectivity index (χ0v) is 31.8. The molecular formula is C39H50N6O5S2. The maximum atomic E-state index is 13.9. The molecular weight excluding hydrogens is 697 g/mol. The van der Waals surface area contributed by atoms with Gasteiger partial charge in [-0.15, -0.1) is 22.7 Å². The first-order chi connectivity index (χ1) is 25.0. The van der Waals surface area contributed by atoms with Crippen LogP contribution >= 0.6 is 22.7 Å². The first kappa shape index (κ1) is 40.3. The van der Waals surface area contributed by atoms with Gasteiger partial charge in [0.1, 0.15) is 12.1 Å². The predicted octanol–water partition coefficient (Wildman–Crippen LogP) is 4.26. The highest BCUT2D eigenvalue weighted by Gasteiger charge is 2.35. The van der Waals surface area contributed by atoms with Gasteiger partial charge in [-0.1, -0.05) is 88.4 Å². The highest BCUT2D eigenvalue weighted by molar-refractivity contribution is 7.09. The minimum atomic E-state index is -1.25. The van der Waals surface area contributed by atoms with Crippen molar-refractivity contribution >= 4 is 46.3 Å². The van der Waals surface area contributed by atoms with Crippen molar-refractivity contribution in [1.82, 2.24) is 31.2 Å². The number of benzene rings is 2. The molecule has 0 aliphatic carbocycles. The lowest BCUT2D eigenvalue weighted by atomic mass is 9.91. The van der Waals surface area contributed by atoms with Crippen molar-refractivity contribution in [2.45, 2.75) is 96.5 Å². The Bertz CT molecular complexity index is 1550. The first-order valence-corrected chi connectivity index (χ1v) is 19.5. The molecule has 4 atom stereocenters. The van der Waals surface area contributed by atoms with Crippen LogP contribution in [0.25, 0.3) is 0 Å². The number of hydrogen-bond acceptors (Lipinski definition) is 9. The molecule has 4 amide bonds. The summed E-state index contributed by atoms with van der Waals surface area (Å²) in [5.41, 5.74) is 1.75. The Hall–Kier alpha value is -4.46. The third-order valence-electron chi connectivity index (χ3n) is 8.71. The summed E-state index contributed by atoms with van der Waals surface area (Å²) in [5.74, 6) is -1.91. The topological polar surface area (TPSA) is 162 Å². The fourth-order valence-electron chi connectivity index (χ4n) is 5.83. The second-order valence-corrected chi connectivity index (χ2v) is 15.5. The summed E-state index contributed by atoms with van der Waals surface area (Å²) in [4.78, 5) is 62.3. The van der Waals surface area contributed by atoms with E-state index in [2.05, 4.69) is 31.2 Å². The SMILES string of the molecule is CC(C)[C@H](NC(=O)CCc1nccs1)C(=O)N[C@@H](Cc1ccccc1)C(O)[C@H](Cc1ccccc1)NC(=O)[C@@H](NC(=O)CCc1nccs1)C(C)C. The van der Waals surface area contributed by atoms with Crippen molar-refractivity contribution in [3.8, 4) is 0 Å². The lowest BCUT2D eigenvalue weighted by Crippen LogP contribution is -2.61. The molecule has 0 saturated carbocycles. The Kier molecular flexibility index (Phi) is 15.9. The number of aromatic nitrogens is 2. The number of rotatable bonds is 20. The molecule has 4 aromatic rings. The Balaban J connectivity index is 1.54. The van der Waals surface area contributed by atoms with Crippen LogP contribution in [0.15, 0.2) is 83.8 Å². The molecule has 2 aromatic carbocycles. The monoisotopic (exact) mass is 746 g/mol. The Morgan fingerprint density at radius 3 is 1.33 bits per heavy atom. The molecule has 0 radical (unpaired) electrons. The molecule has 278 valence electrons. The normalized spacial score (nSPS) is 13.7. The van der Waals surface area contributed by atoms with E-state index >= 15 is 0 Å². The molecule has 0 bridgehead atoms. The van der Waals surface area contributed by atoms with E-state index in [1.54, 1.807) is 12.4 Å². The molecule has 11 nitrogen and oxygen atoms in total. The zero-order valence-electron chi connectivity index (χ0n) is 30.2. The van der Waals surface area contributed by atoms with Gasteiger partial charge in [0.25, 0.3) is 0 Å². The third kappa shape index (κ3) is 12.9. The van der Waals surface area contributed by atoms with Crippen LogP contribution in [-0.4, -0.2) is 69.0 Å². The van der Waals surface area contributed by atoms with E-state index in [1.165, 1.54) is 22.7 Å². The lowest BCUT2D eigenvalue weighted by Gasteiger charge is -2.34. The number of carbonyl (C=O) groups excluding carboxylic acids is 4. The predicted molar refractivity (Wildman–Crippen MR) is 205 cm³/mol. The maximum absolute atomic E-state index is 13.9. The van der Waals surface area contributed by atoms with Crippen molar-refractivity contribution in [1.29, 1.82) is 0 Å². The Morgan fingerprint density at radius 1 is 0.615 bits per heavy atom. The molecule has 13 heteroatoms. The zero-order chi connectivity index (χ0) is 37.5.